The van der Waals surface area contributed by atoms with Crippen molar-refractivity contribution in [1.82, 2.24) is 0 Å². The molecule has 1 rings (SSSR count). The Hall–Kier alpha value is 0.740. The topological polar surface area (TPSA) is 9.23 Å². The van der Waals surface area contributed by atoms with Gasteiger partial charge >= 0.3 is 0 Å². The Morgan fingerprint density at radius 2 is 2.80 bits per heavy atom. The number of rotatable bonds is 0. The maximum atomic E-state index is 4.87. The summed E-state index contributed by atoms with van der Waals surface area (Å²) in [5, 5.41) is 0. The van der Waals surface area contributed by atoms with Crippen molar-refractivity contribution in [3.05, 3.63) is 0 Å². The van der Waals surface area contributed by atoms with Gasteiger partial charge in [0.15, 0.2) is 0 Å². The second-order valence-electron chi connectivity index (χ2n) is 0.800. The van der Waals surface area contributed by atoms with Crippen LogP contribution in [-0.2, 0) is 4.18 Å². The van der Waals surface area contributed by atoms with Crippen molar-refractivity contribution in [2.45, 2.75) is 0 Å². The van der Waals surface area contributed by atoms with Crippen molar-refractivity contribution < 1.29 is 4.18 Å². The Morgan fingerprint density at radius 1 is 1.80 bits per heavy atom. The van der Waals surface area contributed by atoms with E-state index in [1.807, 2.05) is 0 Å². The molecule has 30 valence electrons. The monoisotopic (exact) mass is 108 g/mol. The molecule has 1 unspecified atom stereocenters. The quantitative estimate of drug-likeness (QED) is 0.341. The van der Waals surface area contributed by atoms with E-state index in [2.05, 4.69) is 0 Å². The Kier molecular flexibility index (Phi) is 1.58. The fourth-order valence-corrected chi connectivity index (χ4v) is 1.88. The molecule has 1 nitrogen and oxygen atoms in total. The minimum Gasteiger partial charge on any atom is -0.311 e. The van der Waals surface area contributed by atoms with Gasteiger partial charge in [0.2, 0.25) is 0 Å². The molecule has 1 aliphatic heterocycles. The lowest BCUT2D eigenvalue weighted by molar-refractivity contribution is 0.420. The second kappa shape index (κ2) is 2.01. The molecule has 0 aromatic heterocycles. The van der Waals surface area contributed by atoms with Gasteiger partial charge in [-0.2, -0.15) is 0 Å². The Bertz CT molecular complexity index is 21.2. The van der Waals surface area contributed by atoms with Crippen LogP contribution in [0, 0.1) is 0 Å². The van der Waals surface area contributed by atoms with Gasteiger partial charge in [-0.3, -0.25) is 0 Å². The van der Waals surface area contributed by atoms with E-state index < -0.39 is 0 Å². The summed E-state index contributed by atoms with van der Waals surface area (Å²) in [7, 11) is 1.00. The van der Waals surface area contributed by atoms with E-state index in [4.69, 9.17) is 4.18 Å². The van der Waals surface area contributed by atoms with Crippen LogP contribution in [0.3, 0.4) is 0 Å². The molecule has 1 heterocycles. The molecule has 0 aromatic rings. The molecule has 5 heavy (non-hydrogen) atoms. The van der Waals surface area contributed by atoms with Crippen LogP contribution in [0.15, 0.2) is 0 Å². The summed E-state index contributed by atoms with van der Waals surface area (Å²) in [5.74, 6) is 0. The Labute approximate surface area is 37.2 Å². The van der Waals surface area contributed by atoms with Gasteiger partial charge in [-0.25, -0.2) is 0 Å². The summed E-state index contributed by atoms with van der Waals surface area (Å²) in [5.41, 5.74) is 0. The average Bonchev–Trinajstić information content (AvgIpc) is 1.76. The SMILES string of the molecule is C1CPSO1. The smallest absolute Gasteiger partial charge is 0.0663 e. The minimum atomic E-state index is 0.975. The number of hydrogen-bond donors (Lipinski definition) is 0. The molecule has 0 spiro atoms. The van der Waals surface area contributed by atoms with Crippen LogP contribution in [0.25, 0.3) is 0 Å². The van der Waals surface area contributed by atoms with Gasteiger partial charge in [0.1, 0.15) is 0 Å². The second-order valence-corrected chi connectivity index (χ2v) is 3.36. The zero-order chi connectivity index (χ0) is 3.54. The highest BCUT2D eigenvalue weighted by Crippen LogP contribution is 2.35. The first-order valence-corrected chi connectivity index (χ1v) is 4.19. The molecule has 1 saturated heterocycles. The molecule has 3 heteroatoms. The first kappa shape index (κ1) is 3.91. The standard InChI is InChI=1S/C2H5OPS/c1-2-4-5-3-1/h4H,1-2H2. The van der Waals surface area contributed by atoms with E-state index >= 15 is 0 Å². The van der Waals surface area contributed by atoms with Crippen molar-refractivity contribution >= 4 is 19.4 Å². The molecule has 1 aliphatic rings. The minimum absolute atomic E-state index is 0.975. The van der Waals surface area contributed by atoms with Crippen LogP contribution in [0.2, 0.25) is 0 Å². The number of hydrogen-bond acceptors (Lipinski definition) is 2. The van der Waals surface area contributed by atoms with Crippen LogP contribution in [0.5, 0.6) is 0 Å². The molecule has 0 bridgehead atoms. The summed E-state index contributed by atoms with van der Waals surface area (Å²) in [6, 6.07) is 0. The van der Waals surface area contributed by atoms with Crippen molar-refractivity contribution in [2.75, 3.05) is 12.8 Å². The summed E-state index contributed by atoms with van der Waals surface area (Å²) in [6.45, 7) is 0.975. The largest absolute Gasteiger partial charge is 0.311 e. The van der Waals surface area contributed by atoms with E-state index in [0.717, 1.165) is 14.4 Å². The normalized spacial score (nSPS) is 28.8. The summed E-state index contributed by atoms with van der Waals surface area (Å²) in [4.78, 5) is 0. The van der Waals surface area contributed by atoms with Gasteiger partial charge < -0.3 is 4.18 Å². The van der Waals surface area contributed by atoms with E-state index in [-0.39, 0.29) is 0 Å². The van der Waals surface area contributed by atoms with Gasteiger partial charge in [-0.05, 0) is 7.78 Å². The predicted octanol–water partition coefficient (Wildman–Crippen LogP) is 1.26. The molecular formula is C2H5OPS. The zero-order valence-electron chi connectivity index (χ0n) is 2.73. The fourth-order valence-electron chi connectivity index (χ4n) is 0.208. The Morgan fingerprint density at radius 3 is 3.00 bits per heavy atom. The highest BCUT2D eigenvalue weighted by atomic mass is 32.7. The van der Waals surface area contributed by atoms with E-state index in [9.17, 15) is 0 Å². The average molecular weight is 108 g/mol. The van der Waals surface area contributed by atoms with Crippen LogP contribution < -0.4 is 0 Å². The maximum Gasteiger partial charge on any atom is 0.0663 e. The van der Waals surface area contributed by atoms with Crippen LogP contribution in [-0.4, -0.2) is 12.8 Å². The molecule has 0 aromatic carbocycles. The first-order chi connectivity index (χ1) is 2.50. The van der Waals surface area contributed by atoms with Gasteiger partial charge in [0, 0.05) is 17.8 Å². The third kappa shape index (κ3) is 1.08. The molecular weight excluding hydrogens is 103 g/mol. The summed E-state index contributed by atoms with van der Waals surface area (Å²) >= 11 is 1.60. The van der Waals surface area contributed by atoms with E-state index in [1.54, 1.807) is 11.7 Å². The lowest BCUT2D eigenvalue weighted by atomic mass is 10.9. The van der Waals surface area contributed by atoms with E-state index in [0.29, 0.717) is 0 Å². The Balaban J connectivity index is 2.08. The predicted molar refractivity (Wildman–Crippen MR) is 26.7 cm³/mol. The van der Waals surface area contributed by atoms with Crippen LogP contribution >= 0.6 is 19.4 Å². The van der Waals surface area contributed by atoms with Crippen molar-refractivity contribution in [3.63, 3.8) is 0 Å². The van der Waals surface area contributed by atoms with Crippen molar-refractivity contribution in [3.8, 4) is 0 Å². The highest BCUT2D eigenvalue weighted by Gasteiger charge is 1.96. The zero-order valence-corrected chi connectivity index (χ0v) is 4.55. The van der Waals surface area contributed by atoms with Crippen LogP contribution in [0.1, 0.15) is 0 Å². The highest BCUT2D eigenvalue weighted by molar-refractivity contribution is 8.47. The van der Waals surface area contributed by atoms with Crippen molar-refractivity contribution in [2.24, 2.45) is 0 Å². The summed E-state index contributed by atoms with van der Waals surface area (Å²) < 4.78 is 4.87. The fraction of sp³-hybridized carbons (Fsp3) is 1.00. The lowest BCUT2D eigenvalue weighted by Crippen LogP contribution is -1.73. The van der Waals surface area contributed by atoms with Gasteiger partial charge in [0.05, 0.1) is 6.61 Å². The van der Waals surface area contributed by atoms with Crippen molar-refractivity contribution in [1.29, 1.82) is 0 Å². The molecule has 0 saturated carbocycles. The third-order valence-electron chi connectivity index (χ3n) is 0.405. The molecule has 0 radical (unpaired) electrons. The lowest BCUT2D eigenvalue weighted by Gasteiger charge is -1.73. The molecule has 1 atom stereocenters. The molecule has 1 fully saturated rings. The maximum absolute atomic E-state index is 4.87. The van der Waals surface area contributed by atoms with Crippen LogP contribution in [0.4, 0.5) is 0 Å². The van der Waals surface area contributed by atoms with E-state index in [1.165, 1.54) is 6.16 Å². The first-order valence-electron chi connectivity index (χ1n) is 1.51. The van der Waals surface area contributed by atoms with Gasteiger partial charge in [-0.15, -0.1) is 0 Å². The van der Waals surface area contributed by atoms with Gasteiger partial charge in [-0.1, -0.05) is 0 Å². The molecule has 0 aliphatic carbocycles. The third-order valence-corrected chi connectivity index (χ3v) is 2.54. The molecule has 0 amide bonds. The summed E-state index contributed by atoms with van der Waals surface area (Å²) in [6.07, 6.45) is 1.27. The van der Waals surface area contributed by atoms with Gasteiger partial charge in [0.25, 0.3) is 0 Å². The molecule has 0 N–H and O–H groups in total.